The molecule has 0 radical (unpaired) electrons. The number of hydrogen-bond acceptors (Lipinski definition) is 14. The number of esters is 4. The third-order valence-corrected chi connectivity index (χ3v) is 7.53. The summed E-state index contributed by atoms with van der Waals surface area (Å²) < 4.78 is 29.8. The van der Waals surface area contributed by atoms with E-state index < -0.39 is 73.7 Å². The second-order valence-corrected chi connectivity index (χ2v) is 11.5. The van der Waals surface area contributed by atoms with E-state index >= 15 is 0 Å². The zero-order valence-corrected chi connectivity index (χ0v) is 26.1. The Hall–Kier alpha value is -3.78. The Balaban J connectivity index is 0.000000447. The van der Waals surface area contributed by atoms with Gasteiger partial charge in [-0.3, -0.25) is 9.59 Å². The van der Waals surface area contributed by atoms with E-state index in [2.05, 4.69) is 9.47 Å². The van der Waals surface area contributed by atoms with Gasteiger partial charge in [0, 0.05) is 11.8 Å². The Morgan fingerprint density at radius 2 is 1.09 bits per heavy atom. The maximum atomic E-state index is 11.6. The minimum absolute atomic E-state index is 0.0295. The van der Waals surface area contributed by atoms with Crippen LogP contribution in [0, 0.1) is 11.8 Å². The normalized spacial score (nSPS) is 21.5. The summed E-state index contributed by atoms with van der Waals surface area (Å²) in [5, 5.41) is 17.5. The van der Waals surface area contributed by atoms with Gasteiger partial charge in [-0.25, -0.2) is 19.2 Å². The van der Waals surface area contributed by atoms with E-state index in [9.17, 15) is 28.8 Å². The molecule has 14 nitrogen and oxygen atoms in total. The average molecular weight is 629 g/mol. The molecule has 2 rings (SSSR count). The molecule has 44 heavy (non-hydrogen) atoms. The smallest absolute Gasteiger partial charge is 0.344 e. The van der Waals surface area contributed by atoms with Gasteiger partial charge in [-0.1, -0.05) is 12.2 Å². The van der Waals surface area contributed by atoms with E-state index in [0.717, 1.165) is 11.1 Å². The highest BCUT2D eigenvalue weighted by Crippen LogP contribution is 2.37. The van der Waals surface area contributed by atoms with E-state index in [1.54, 1.807) is 27.7 Å². The van der Waals surface area contributed by atoms with Crippen LogP contribution in [0.25, 0.3) is 0 Å². The summed E-state index contributed by atoms with van der Waals surface area (Å²) >= 11 is 0. The number of ether oxygens (including phenoxy) is 6. The summed E-state index contributed by atoms with van der Waals surface area (Å²) in [6.07, 6.45) is 5.30. The third kappa shape index (κ3) is 12.8. The molecule has 0 aromatic heterocycles. The highest BCUT2D eigenvalue weighted by atomic mass is 16.6. The van der Waals surface area contributed by atoms with Crippen molar-refractivity contribution in [1.82, 2.24) is 0 Å². The molecule has 2 aliphatic carbocycles. The van der Waals surface area contributed by atoms with Gasteiger partial charge >= 0.3 is 23.9 Å². The number of carbonyl (C=O) groups is 6. The summed E-state index contributed by atoms with van der Waals surface area (Å²) in [6.45, 7) is 8.88. The first-order valence-electron chi connectivity index (χ1n) is 14.1. The van der Waals surface area contributed by atoms with E-state index in [1.165, 1.54) is 0 Å². The molecule has 0 saturated carbocycles. The average Bonchev–Trinajstić information content (AvgIpc) is 2.96. The molecule has 0 fully saturated rings. The molecule has 4 atom stereocenters. The van der Waals surface area contributed by atoms with Gasteiger partial charge in [-0.2, -0.15) is 0 Å². The minimum atomic E-state index is -0.829. The standard InChI is InChI=1S/C16H22O8.C14H22O6/c1-11-4-5-12(6-13(11)23-14(19)7-21-9-17)16(2,3)24-15(20)8-22-10-18;1-9-4-5-10(6-11(9)19-12(17)7-15)14(2,3)20-13(18)8-16/h4,9-10,12-13H,5-8H2,1-3H3;4,10-11,15-16H,5-8H2,1-3H3. The number of allylic oxidation sites excluding steroid dienone is 2. The van der Waals surface area contributed by atoms with Crippen molar-refractivity contribution in [2.24, 2.45) is 11.8 Å². The summed E-state index contributed by atoms with van der Waals surface area (Å²) in [7, 11) is 0. The number of hydrogen-bond donors (Lipinski definition) is 2. The van der Waals surface area contributed by atoms with E-state index in [1.807, 2.05) is 26.0 Å². The van der Waals surface area contributed by atoms with Crippen molar-refractivity contribution in [3.63, 3.8) is 0 Å². The van der Waals surface area contributed by atoms with Gasteiger partial charge in [-0.15, -0.1) is 0 Å². The molecule has 0 saturated heterocycles. The van der Waals surface area contributed by atoms with Crippen LogP contribution in [0.5, 0.6) is 0 Å². The van der Waals surface area contributed by atoms with Crippen molar-refractivity contribution < 1.29 is 67.4 Å². The van der Waals surface area contributed by atoms with Gasteiger partial charge in [-0.05, 0) is 78.4 Å². The fourth-order valence-electron chi connectivity index (χ4n) is 4.83. The van der Waals surface area contributed by atoms with Crippen LogP contribution in [0.3, 0.4) is 0 Å². The highest BCUT2D eigenvalue weighted by Gasteiger charge is 2.39. The van der Waals surface area contributed by atoms with Crippen LogP contribution in [0.1, 0.15) is 67.2 Å². The minimum Gasteiger partial charge on any atom is -0.458 e. The van der Waals surface area contributed by atoms with Crippen molar-refractivity contribution in [3.8, 4) is 0 Å². The molecule has 0 amide bonds. The van der Waals surface area contributed by atoms with Crippen molar-refractivity contribution in [1.29, 1.82) is 0 Å². The van der Waals surface area contributed by atoms with E-state index in [0.29, 0.717) is 25.7 Å². The van der Waals surface area contributed by atoms with Crippen LogP contribution < -0.4 is 0 Å². The quantitative estimate of drug-likeness (QED) is 0.121. The fourth-order valence-corrected chi connectivity index (χ4v) is 4.83. The molecule has 4 unspecified atom stereocenters. The number of rotatable bonds is 14. The summed E-state index contributed by atoms with van der Waals surface area (Å²) in [5.74, 6) is -2.76. The van der Waals surface area contributed by atoms with Gasteiger partial charge in [0.1, 0.15) is 36.6 Å². The van der Waals surface area contributed by atoms with Crippen molar-refractivity contribution in [3.05, 3.63) is 23.3 Å². The molecule has 248 valence electrons. The zero-order chi connectivity index (χ0) is 33.5. The maximum Gasteiger partial charge on any atom is 0.344 e. The molecule has 2 N–H and O–H groups in total. The Kier molecular flexibility index (Phi) is 15.8. The lowest BCUT2D eigenvalue weighted by Gasteiger charge is -2.38. The SMILES string of the molecule is CC1=CCC(C(C)(C)OC(=O)CO)CC1OC(=O)CO.CC1=CCC(C(C)(C)OC(=O)COC=O)CC1OC(=O)COC=O. The highest BCUT2D eigenvalue weighted by molar-refractivity contribution is 5.73. The second-order valence-electron chi connectivity index (χ2n) is 11.5. The van der Waals surface area contributed by atoms with Crippen LogP contribution in [0.15, 0.2) is 23.3 Å². The third-order valence-electron chi connectivity index (χ3n) is 7.53. The molecule has 0 aliphatic heterocycles. The maximum absolute atomic E-state index is 11.6. The lowest BCUT2D eigenvalue weighted by molar-refractivity contribution is -0.171. The first-order chi connectivity index (χ1) is 20.6. The van der Waals surface area contributed by atoms with Crippen LogP contribution in [0.2, 0.25) is 0 Å². The van der Waals surface area contributed by atoms with Gasteiger partial charge in [0.05, 0.1) is 0 Å². The Bertz CT molecular complexity index is 1070. The lowest BCUT2D eigenvalue weighted by atomic mass is 9.78. The first kappa shape index (κ1) is 38.2. The second kappa shape index (κ2) is 18.1. The molecular weight excluding hydrogens is 584 g/mol. The Morgan fingerprint density at radius 1 is 0.705 bits per heavy atom. The molecule has 14 heteroatoms. The van der Waals surface area contributed by atoms with Crippen molar-refractivity contribution >= 4 is 36.8 Å². The summed E-state index contributed by atoms with van der Waals surface area (Å²) in [4.78, 5) is 65.9. The number of aliphatic hydroxyl groups excluding tert-OH is 2. The Labute approximate surface area is 256 Å². The number of aliphatic hydroxyl groups is 2. The summed E-state index contributed by atoms with van der Waals surface area (Å²) in [6, 6.07) is 0. The Morgan fingerprint density at radius 3 is 1.50 bits per heavy atom. The lowest BCUT2D eigenvalue weighted by Crippen LogP contribution is -2.41. The van der Waals surface area contributed by atoms with Crippen LogP contribution in [0.4, 0.5) is 0 Å². The van der Waals surface area contributed by atoms with Crippen LogP contribution in [-0.4, -0.2) is 96.9 Å². The predicted octanol–water partition coefficient (Wildman–Crippen LogP) is 1.48. The van der Waals surface area contributed by atoms with Crippen LogP contribution in [-0.2, 0) is 57.2 Å². The van der Waals surface area contributed by atoms with Crippen molar-refractivity contribution in [2.45, 2.75) is 90.6 Å². The first-order valence-corrected chi connectivity index (χ1v) is 14.1. The van der Waals surface area contributed by atoms with Gasteiger partial charge in [0.15, 0.2) is 13.2 Å². The van der Waals surface area contributed by atoms with E-state index in [4.69, 9.17) is 29.2 Å². The fraction of sp³-hybridized carbons (Fsp3) is 0.667. The predicted molar refractivity (Wildman–Crippen MR) is 151 cm³/mol. The monoisotopic (exact) mass is 628 g/mol. The zero-order valence-electron chi connectivity index (χ0n) is 26.1. The molecule has 2 aliphatic rings. The summed E-state index contributed by atoms with van der Waals surface area (Å²) in [5.41, 5.74) is 0.218. The molecule has 0 aromatic rings. The van der Waals surface area contributed by atoms with Crippen LogP contribution >= 0.6 is 0 Å². The molecule has 0 aromatic carbocycles. The molecular formula is C30H44O14. The molecule has 0 heterocycles. The van der Waals surface area contributed by atoms with E-state index in [-0.39, 0.29) is 24.8 Å². The largest absolute Gasteiger partial charge is 0.458 e. The van der Waals surface area contributed by atoms with Crippen molar-refractivity contribution in [2.75, 3.05) is 26.4 Å². The number of carbonyl (C=O) groups excluding carboxylic acids is 6. The van der Waals surface area contributed by atoms with Gasteiger partial charge in [0.2, 0.25) is 0 Å². The van der Waals surface area contributed by atoms with Gasteiger partial charge < -0.3 is 38.6 Å². The van der Waals surface area contributed by atoms with Gasteiger partial charge in [0.25, 0.3) is 12.9 Å². The topological polar surface area (TPSA) is 198 Å². The molecule has 0 bridgehead atoms. The molecule has 0 spiro atoms.